The molecule has 10 nitrogen and oxygen atoms in total. The molecule has 0 radical (unpaired) electrons. The molecule has 3 aromatic rings. The Labute approximate surface area is 252 Å². The predicted octanol–water partition coefficient (Wildman–Crippen LogP) is 5.09. The van der Waals surface area contributed by atoms with Crippen LogP contribution in [0.4, 0.5) is 20.2 Å². The van der Waals surface area contributed by atoms with Gasteiger partial charge in [0, 0.05) is 53.3 Å². The smallest absolute Gasteiger partial charge is 0.257 e. The number of nitrogens with one attached hydrogen (secondary N) is 1. The van der Waals surface area contributed by atoms with E-state index in [1.54, 1.807) is 47.5 Å². The summed E-state index contributed by atoms with van der Waals surface area (Å²) in [5.74, 6) is 5.39. The fourth-order valence-corrected chi connectivity index (χ4v) is 5.81. The van der Waals surface area contributed by atoms with Crippen LogP contribution in [0.25, 0.3) is 16.8 Å². The van der Waals surface area contributed by atoms with Gasteiger partial charge in [-0.25, -0.2) is 14.6 Å². The van der Waals surface area contributed by atoms with Gasteiger partial charge in [-0.15, -0.1) is 0 Å². The third kappa shape index (κ3) is 6.55. The normalized spacial score (nSPS) is 19.5. The largest absolute Gasteiger partial charge is 0.403 e. The highest BCUT2D eigenvalue weighted by Gasteiger charge is 2.31. The number of carbonyl (C=O) groups is 2. The van der Waals surface area contributed by atoms with E-state index in [1.165, 1.54) is 28.3 Å². The predicted molar refractivity (Wildman–Crippen MR) is 162 cm³/mol. The Morgan fingerprint density at radius 1 is 1.23 bits per heavy atom. The fourth-order valence-electron chi connectivity index (χ4n) is 5.64. The second-order valence-corrected chi connectivity index (χ2v) is 11.1. The molecule has 2 amide bonds. The lowest BCUT2D eigenvalue weighted by atomic mass is 9.93. The zero-order valence-electron chi connectivity index (χ0n) is 23.6. The van der Waals surface area contributed by atoms with Crippen molar-refractivity contribution in [2.75, 3.05) is 16.9 Å². The molecule has 0 saturated heterocycles. The van der Waals surface area contributed by atoms with E-state index >= 15 is 0 Å². The van der Waals surface area contributed by atoms with E-state index < -0.39 is 19.0 Å². The molecule has 0 spiro atoms. The van der Waals surface area contributed by atoms with Crippen LogP contribution in [0.15, 0.2) is 61.2 Å². The molecule has 2 aliphatic rings. The summed E-state index contributed by atoms with van der Waals surface area (Å²) in [5, 5.41) is 8.87. The van der Waals surface area contributed by atoms with E-state index in [0.717, 1.165) is 11.1 Å². The first-order valence-electron chi connectivity index (χ1n) is 14.0. The second kappa shape index (κ2) is 12.9. The fraction of sp³-hybridized carbons (Fsp3) is 0.333. The van der Waals surface area contributed by atoms with E-state index in [1.807, 2.05) is 6.92 Å². The number of halogens is 3. The number of aromatic nitrogens is 3. The van der Waals surface area contributed by atoms with Crippen LogP contribution in [-0.4, -0.2) is 44.4 Å². The Bertz CT molecular complexity index is 1570. The van der Waals surface area contributed by atoms with E-state index in [4.69, 9.17) is 23.2 Å². The number of anilines is 2. The Balaban J connectivity index is 1.53. The molecule has 2 aliphatic heterocycles. The maximum atomic E-state index is 13.7. The van der Waals surface area contributed by atoms with Crippen molar-refractivity contribution >= 4 is 40.4 Å². The number of pyridine rings is 1. The minimum Gasteiger partial charge on any atom is -0.403 e. The summed E-state index contributed by atoms with van der Waals surface area (Å²) in [6.07, 6.45) is 7.07. The van der Waals surface area contributed by atoms with Crippen molar-refractivity contribution in [3.8, 4) is 11.3 Å². The molecular formula is C30H33ClF2N8O2. The van der Waals surface area contributed by atoms with Gasteiger partial charge in [-0.05, 0) is 55.2 Å². The number of amides is 2. The number of hydrogen-bond donors (Lipinski definition) is 3. The number of hydrogen-bond acceptors (Lipinski definition) is 7. The Hall–Kier alpha value is -4.29. The number of benzene rings is 1. The average molecular weight is 611 g/mol. The molecule has 4 heterocycles. The summed E-state index contributed by atoms with van der Waals surface area (Å²) in [4.78, 5) is 33.1. The molecule has 0 fully saturated rings. The molecule has 43 heavy (non-hydrogen) atoms. The van der Waals surface area contributed by atoms with Crippen LogP contribution in [0, 0.1) is 5.92 Å². The van der Waals surface area contributed by atoms with Gasteiger partial charge >= 0.3 is 0 Å². The summed E-state index contributed by atoms with van der Waals surface area (Å²) in [5.41, 5.74) is 9.58. The number of fused-ring (bicyclic) bond motifs is 4. The third-order valence-corrected chi connectivity index (χ3v) is 8.01. The number of carbonyl (C=O) groups excluding carboxylic acids is 2. The highest BCUT2D eigenvalue weighted by Crippen LogP contribution is 2.38. The molecule has 2 bridgehead atoms. The van der Waals surface area contributed by atoms with Gasteiger partial charge in [-0.2, -0.15) is 5.10 Å². The Morgan fingerprint density at radius 2 is 2.05 bits per heavy atom. The van der Waals surface area contributed by atoms with E-state index in [-0.39, 0.29) is 17.7 Å². The molecule has 2 atom stereocenters. The van der Waals surface area contributed by atoms with Crippen LogP contribution in [0.2, 0.25) is 5.02 Å². The van der Waals surface area contributed by atoms with Gasteiger partial charge in [0.25, 0.3) is 6.43 Å². The number of alkyl halides is 2. The number of rotatable bonds is 6. The standard InChI is InChI=1S/C30H33ClF2N8O2/c1-18-3-2-4-26(23-13-20(7-10-36-23)29-24(38-30(18)43)16-37-41(29)17-27(32)33)39-11-8-19(14-28(39)42)22-15-21(31)5-6-25(22)40(35)12-9-34/h5-7,9-10,12-16,18,26-27H,2-4,8,11,17,34-35H2,1H3,(H,38,43)/b12-9-/t18-,26+/m1/s1. The monoisotopic (exact) mass is 610 g/mol. The molecule has 0 aliphatic carbocycles. The van der Waals surface area contributed by atoms with Gasteiger partial charge in [0.2, 0.25) is 11.8 Å². The highest BCUT2D eigenvalue weighted by atomic mass is 35.5. The maximum absolute atomic E-state index is 13.7. The summed E-state index contributed by atoms with van der Waals surface area (Å²) in [6.45, 7) is 1.59. The third-order valence-electron chi connectivity index (χ3n) is 7.77. The zero-order chi connectivity index (χ0) is 30.7. The maximum Gasteiger partial charge on any atom is 0.257 e. The van der Waals surface area contributed by atoms with Crippen LogP contribution < -0.4 is 21.9 Å². The van der Waals surface area contributed by atoms with Crippen LogP contribution in [0.5, 0.6) is 0 Å². The first-order chi connectivity index (χ1) is 20.7. The quantitative estimate of drug-likeness (QED) is 0.261. The van der Waals surface area contributed by atoms with Gasteiger partial charge in [0.05, 0.1) is 35.0 Å². The second-order valence-electron chi connectivity index (χ2n) is 10.6. The minimum atomic E-state index is -2.64. The first kappa shape index (κ1) is 30.2. The average Bonchev–Trinajstić information content (AvgIpc) is 3.36. The molecule has 5 N–H and O–H groups in total. The van der Waals surface area contributed by atoms with Crippen molar-refractivity contribution in [2.45, 2.75) is 51.6 Å². The molecule has 0 saturated carbocycles. The van der Waals surface area contributed by atoms with Crippen molar-refractivity contribution in [1.82, 2.24) is 19.7 Å². The van der Waals surface area contributed by atoms with Crippen molar-refractivity contribution in [3.05, 3.63) is 77.5 Å². The summed E-state index contributed by atoms with van der Waals surface area (Å²) < 4.78 is 28.0. The Morgan fingerprint density at radius 3 is 2.79 bits per heavy atom. The lowest BCUT2D eigenvalue weighted by molar-refractivity contribution is -0.129. The van der Waals surface area contributed by atoms with Crippen molar-refractivity contribution in [2.24, 2.45) is 17.5 Å². The molecular weight excluding hydrogens is 578 g/mol. The van der Waals surface area contributed by atoms with Crippen LogP contribution in [-0.2, 0) is 16.1 Å². The lowest BCUT2D eigenvalue weighted by Crippen LogP contribution is -2.38. The summed E-state index contributed by atoms with van der Waals surface area (Å²) >= 11 is 6.31. The van der Waals surface area contributed by atoms with Crippen molar-refractivity contribution in [1.29, 1.82) is 0 Å². The number of hydrazine groups is 1. The van der Waals surface area contributed by atoms with Crippen LogP contribution in [0.3, 0.4) is 0 Å². The van der Waals surface area contributed by atoms with Crippen molar-refractivity contribution in [3.63, 3.8) is 0 Å². The van der Waals surface area contributed by atoms with E-state index in [9.17, 15) is 18.4 Å². The van der Waals surface area contributed by atoms with Gasteiger partial charge in [0.15, 0.2) is 0 Å². The molecule has 226 valence electrons. The zero-order valence-corrected chi connectivity index (χ0v) is 24.3. The van der Waals surface area contributed by atoms with Crippen molar-refractivity contribution < 1.29 is 18.4 Å². The minimum absolute atomic E-state index is 0.205. The SMILES string of the molecule is C[C@@H]1CCC[C@H](N2CCC(c3cc(Cl)ccc3N(N)/C=C\N)=CC2=O)c2cc(ccn2)-c2c(cnn2CC(F)F)NC1=O. The molecule has 5 rings (SSSR count). The van der Waals surface area contributed by atoms with Gasteiger partial charge < -0.3 is 16.0 Å². The number of nitrogens with two attached hydrogens (primary N) is 2. The van der Waals surface area contributed by atoms with E-state index in [0.29, 0.717) is 65.6 Å². The van der Waals surface area contributed by atoms with Crippen LogP contribution >= 0.6 is 11.6 Å². The summed E-state index contributed by atoms with van der Waals surface area (Å²) in [7, 11) is 0. The number of nitrogens with zero attached hydrogens (tertiary/aromatic N) is 5. The molecule has 1 aromatic carbocycles. The van der Waals surface area contributed by atoms with Crippen LogP contribution in [0.1, 0.15) is 49.9 Å². The van der Waals surface area contributed by atoms with E-state index in [2.05, 4.69) is 15.4 Å². The first-order valence-corrected chi connectivity index (χ1v) is 14.4. The highest BCUT2D eigenvalue weighted by molar-refractivity contribution is 6.31. The lowest BCUT2D eigenvalue weighted by Gasteiger charge is -2.35. The van der Waals surface area contributed by atoms with Gasteiger partial charge in [-0.1, -0.05) is 24.9 Å². The molecule has 13 heteroatoms. The molecule has 0 unspecified atom stereocenters. The van der Waals surface area contributed by atoms with Gasteiger partial charge in [-0.3, -0.25) is 24.3 Å². The summed E-state index contributed by atoms with van der Waals surface area (Å²) in [6, 6.07) is 8.32. The Kier molecular flexibility index (Phi) is 9.07. The topological polar surface area (TPSA) is 135 Å². The molecule has 2 aromatic heterocycles. The van der Waals surface area contributed by atoms with Gasteiger partial charge in [0.1, 0.15) is 6.54 Å².